The lowest BCUT2D eigenvalue weighted by Crippen LogP contribution is -2.38. The van der Waals surface area contributed by atoms with E-state index >= 15 is 0 Å². The largest absolute Gasteiger partial charge is 0.368 e. The monoisotopic (exact) mass is 327 g/mol. The maximum Gasteiger partial charge on any atom is 0.221 e. The van der Waals surface area contributed by atoms with Crippen LogP contribution < -0.4 is 15.4 Å². The molecule has 1 heterocycles. The van der Waals surface area contributed by atoms with Crippen LogP contribution in [0.4, 0.5) is 11.8 Å². The molecule has 22 heavy (non-hydrogen) atoms. The van der Waals surface area contributed by atoms with Gasteiger partial charge in [0.2, 0.25) is 16.0 Å². The summed E-state index contributed by atoms with van der Waals surface area (Å²) in [5.41, 5.74) is 6.68. The lowest BCUT2D eigenvalue weighted by atomic mass is 9.86. The van der Waals surface area contributed by atoms with Crippen LogP contribution in [-0.4, -0.2) is 44.3 Å². The van der Waals surface area contributed by atoms with Gasteiger partial charge in [0.15, 0.2) is 0 Å². The van der Waals surface area contributed by atoms with Gasteiger partial charge in [0.25, 0.3) is 0 Å². The first-order valence-electron chi connectivity index (χ1n) is 7.55. The van der Waals surface area contributed by atoms with Crippen molar-refractivity contribution in [3.05, 3.63) is 11.8 Å². The Bertz CT molecular complexity index is 612. The molecular weight excluding hydrogens is 302 g/mol. The Balaban J connectivity index is 1.98. The number of rotatable bonds is 5. The van der Waals surface area contributed by atoms with Crippen LogP contribution in [0.2, 0.25) is 0 Å². The quantitative estimate of drug-likeness (QED) is 0.833. The topological polar surface area (TPSA) is 101 Å². The summed E-state index contributed by atoms with van der Waals surface area (Å²) in [6.07, 6.45) is 5.48. The number of nitrogens with one attached hydrogen (secondary N) is 1. The SMILES string of the molecule is CNS(=O)(=O)CC1CCC(N(C)c2nc(N)ncc2C)CC1. The van der Waals surface area contributed by atoms with Crippen LogP contribution in [0.15, 0.2) is 6.20 Å². The number of anilines is 2. The molecule has 2 rings (SSSR count). The number of nitrogens with zero attached hydrogens (tertiary/aromatic N) is 3. The summed E-state index contributed by atoms with van der Waals surface area (Å²) in [5, 5.41) is 0. The van der Waals surface area contributed by atoms with Crippen molar-refractivity contribution in [2.75, 3.05) is 30.5 Å². The lowest BCUT2D eigenvalue weighted by Gasteiger charge is -2.35. The van der Waals surface area contributed by atoms with Gasteiger partial charge in [0, 0.05) is 24.8 Å². The van der Waals surface area contributed by atoms with Gasteiger partial charge in [0.1, 0.15) is 5.82 Å². The van der Waals surface area contributed by atoms with Crippen molar-refractivity contribution in [3.63, 3.8) is 0 Å². The van der Waals surface area contributed by atoms with Crippen LogP contribution >= 0.6 is 0 Å². The lowest BCUT2D eigenvalue weighted by molar-refractivity contribution is 0.340. The minimum Gasteiger partial charge on any atom is -0.368 e. The fraction of sp³-hybridized carbons (Fsp3) is 0.714. The van der Waals surface area contributed by atoms with E-state index in [9.17, 15) is 8.42 Å². The number of nitrogen functional groups attached to an aromatic ring is 1. The minimum absolute atomic E-state index is 0.222. The third-order valence-corrected chi connectivity index (χ3v) is 5.96. The zero-order valence-corrected chi connectivity index (χ0v) is 14.2. The van der Waals surface area contributed by atoms with E-state index in [0.29, 0.717) is 6.04 Å². The van der Waals surface area contributed by atoms with Crippen molar-refractivity contribution in [2.24, 2.45) is 5.92 Å². The van der Waals surface area contributed by atoms with Crippen molar-refractivity contribution in [1.29, 1.82) is 0 Å². The molecule has 7 nitrogen and oxygen atoms in total. The molecular formula is C14H25N5O2S. The van der Waals surface area contributed by atoms with E-state index in [1.165, 1.54) is 7.05 Å². The summed E-state index contributed by atoms with van der Waals surface area (Å²) in [7, 11) is 0.365. The molecule has 1 fully saturated rings. The first kappa shape index (κ1) is 17.0. The number of aromatic nitrogens is 2. The number of hydrogen-bond acceptors (Lipinski definition) is 6. The molecule has 0 radical (unpaired) electrons. The molecule has 1 saturated carbocycles. The summed E-state index contributed by atoms with van der Waals surface area (Å²) in [5.74, 6) is 1.60. The first-order chi connectivity index (χ1) is 10.3. The van der Waals surface area contributed by atoms with Gasteiger partial charge >= 0.3 is 0 Å². The van der Waals surface area contributed by atoms with Gasteiger partial charge in [-0.25, -0.2) is 18.1 Å². The van der Waals surface area contributed by atoms with Crippen molar-refractivity contribution < 1.29 is 8.42 Å². The van der Waals surface area contributed by atoms with E-state index in [2.05, 4.69) is 19.6 Å². The standard InChI is InChI=1S/C14H25N5O2S/c1-10-8-17-14(15)18-13(10)19(3)12-6-4-11(5-7-12)9-22(20,21)16-2/h8,11-12,16H,4-7,9H2,1-3H3,(H2,15,17,18). The molecule has 0 aromatic carbocycles. The van der Waals surface area contributed by atoms with Crippen LogP contribution in [-0.2, 0) is 10.0 Å². The Morgan fingerprint density at radius 3 is 2.59 bits per heavy atom. The summed E-state index contributed by atoms with van der Waals surface area (Å²) in [6, 6.07) is 0.363. The van der Waals surface area contributed by atoms with Gasteiger partial charge in [-0.2, -0.15) is 4.98 Å². The van der Waals surface area contributed by atoms with E-state index in [-0.39, 0.29) is 17.6 Å². The molecule has 0 atom stereocenters. The van der Waals surface area contributed by atoms with Crippen LogP contribution in [0.1, 0.15) is 31.2 Å². The molecule has 1 aliphatic carbocycles. The summed E-state index contributed by atoms with van der Waals surface area (Å²) in [4.78, 5) is 10.5. The predicted octanol–water partition coefficient (Wildman–Crippen LogP) is 0.911. The van der Waals surface area contributed by atoms with E-state index < -0.39 is 10.0 Å². The summed E-state index contributed by atoms with van der Waals surface area (Å²) < 4.78 is 25.7. The van der Waals surface area contributed by atoms with Gasteiger partial charge in [-0.3, -0.25) is 0 Å². The van der Waals surface area contributed by atoms with E-state index in [1.807, 2.05) is 14.0 Å². The molecule has 0 aliphatic heterocycles. The van der Waals surface area contributed by atoms with Crippen LogP contribution in [0, 0.1) is 12.8 Å². The third kappa shape index (κ3) is 4.07. The molecule has 0 saturated heterocycles. The zero-order chi connectivity index (χ0) is 16.3. The Labute approximate surface area is 132 Å². The molecule has 1 aliphatic rings. The molecule has 1 aromatic heterocycles. The zero-order valence-electron chi connectivity index (χ0n) is 13.4. The fourth-order valence-electron chi connectivity index (χ4n) is 3.07. The normalized spacial score (nSPS) is 22.5. The van der Waals surface area contributed by atoms with Crippen molar-refractivity contribution in [1.82, 2.24) is 14.7 Å². The second-order valence-corrected chi connectivity index (χ2v) is 7.98. The van der Waals surface area contributed by atoms with E-state index in [1.54, 1.807) is 6.20 Å². The predicted molar refractivity (Wildman–Crippen MR) is 88.2 cm³/mol. The highest BCUT2D eigenvalue weighted by atomic mass is 32.2. The Morgan fingerprint density at radius 1 is 1.36 bits per heavy atom. The fourth-order valence-corrected chi connectivity index (χ4v) is 4.19. The molecule has 3 N–H and O–H groups in total. The van der Waals surface area contributed by atoms with E-state index in [4.69, 9.17) is 5.73 Å². The number of sulfonamides is 1. The average Bonchev–Trinajstić information content (AvgIpc) is 2.49. The number of hydrogen-bond donors (Lipinski definition) is 2. The van der Waals surface area contributed by atoms with Crippen molar-refractivity contribution in [2.45, 2.75) is 38.6 Å². The van der Waals surface area contributed by atoms with Gasteiger partial charge < -0.3 is 10.6 Å². The Hall–Kier alpha value is -1.41. The van der Waals surface area contributed by atoms with Crippen molar-refractivity contribution >= 4 is 21.8 Å². The Kier molecular flexibility index (Phi) is 5.23. The highest BCUT2D eigenvalue weighted by Gasteiger charge is 2.28. The molecule has 0 unspecified atom stereocenters. The maximum atomic E-state index is 11.6. The highest BCUT2D eigenvalue weighted by Crippen LogP contribution is 2.30. The van der Waals surface area contributed by atoms with Crippen molar-refractivity contribution in [3.8, 4) is 0 Å². The molecule has 0 spiro atoms. The highest BCUT2D eigenvalue weighted by molar-refractivity contribution is 7.89. The summed E-state index contributed by atoms with van der Waals surface area (Å²) in [6.45, 7) is 1.97. The second kappa shape index (κ2) is 6.78. The molecule has 0 amide bonds. The third-order valence-electron chi connectivity index (χ3n) is 4.43. The molecule has 1 aromatic rings. The number of aryl methyl sites for hydroxylation is 1. The van der Waals surface area contributed by atoms with Crippen LogP contribution in [0.25, 0.3) is 0 Å². The van der Waals surface area contributed by atoms with E-state index in [0.717, 1.165) is 37.1 Å². The van der Waals surface area contributed by atoms with Gasteiger partial charge in [-0.15, -0.1) is 0 Å². The molecule has 0 bridgehead atoms. The summed E-state index contributed by atoms with van der Waals surface area (Å²) >= 11 is 0. The van der Waals surface area contributed by atoms with Crippen LogP contribution in [0.5, 0.6) is 0 Å². The number of nitrogens with two attached hydrogens (primary N) is 1. The Morgan fingerprint density at radius 2 is 2.00 bits per heavy atom. The smallest absolute Gasteiger partial charge is 0.221 e. The van der Waals surface area contributed by atoms with Crippen LogP contribution in [0.3, 0.4) is 0 Å². The van der Waals surface area contributed by atoms with Gasteiger partial charge in [-0.05, 0) is 45.6 Å². The van der Waals surface area contributed by atoms with Gasteiger partial charge in [0.05, 0.1) is 5.75 Å². The molecule has 8 heteroatoms. The minimum atomic E-state index is -3.12. The first-order valence-corrected chi connectivity index (χ1v) is 9.21. The maximum absolute atomic E-state index is 11.6. The average molecular weight is 327 g/mol. The second-order valence-electron chi connectivity index (χ2n) is 6.01. The van der Waals surface area contributed by atoms with Gasteiger partial charge in [-0.1, -0.05) is 0 Å². The molecule has 124 valence electrons.